The lowest BCUT2D eigenvalue weighted by atomic mass is 9.87. The third kappa shape index (κ3) is 3.01. The maximum absolute atomic E-state index is 11.5. The van der Waals surface area contributed by atoms with Crippen molar-refractivity contribution in [2.24, 2.45) is 0 Å². The predicted molar refractivity (Wildman–Crippen MR) is 86.7 cm³/mol. The summed E-state index contributed by atoms with van der Waals surface area (Å²) in [5.41, 5.74) is 2.46. The third-order valence-corrected chi connectivity index (χ3v) is 4.85. The first kappa shape index (κ1) is 15.4. The molecule has 0 saturated carbocycles. The molecule has 0 radical (unpaired) electrons. The lowest BCUT2D eigenvalue weighted by molar-refractivity contribution is 0.216. The smallest absolute Gasteiger partial charge is 0.317 e. The highest BCUT2D eigenvalue weighted by Gasteiger charge is 2.25. The Bertz CT molecular complexity index is 565. The largest absolute Gasteiger partial charge is 0.495 e. The van der Waals surface area contributed by atoms with Gasteiger partial charge in [-0.3, -0.25) is 0 Å². The second-order valence-corrected chi connectivity index (χ2v) is 6.15. The lowest BCUT2D eigenvalue weighted by Gasteiger charge is -2.29. The van der Waals surface area contributed by atoms with Crippen LogP contribution in [0.2, 0.25) is 5.02 Å². The highest BCUT2D eigenvalue weighted by Crippen LogP contribution is 2.39. The molecule has 22 heavy (non-hydrogen) atoms. The van der Waals surface area contributed by atoms with Crippen LogP contribution in [0.3, 0.4) is 0 Å². The van der Waals surface area contributed by atoms with Crippen molar-refractivity contribution in [3.8, 4) is 5.75 Å². The first-order valence-corrected chi connectivity index (χ1v) is 8.20. The van der Waals surface area contributed by atoms with E-state index in [9.17, 15) is 4.79 Å². The summed E-state index contributed by atoms with van der Waals surface area (Å²) in [5.74, 6) is 0.730. The number of carbonyl (C=O) groups excluding carboxylic acids is 1. The number of urea groups is 1. The third-order valence-electron chi connectivity index (χ3n) is 4.46. The van der Waals surface area contributed by atoms with Crippen molar-refractivity contribution in [3.63, 3.8) is 0 Å². The van der Waals surface area contributed by atoms with Crippen LogP contribution in [0.4, 0.5) is 4.79 Å². The van der Waals surface area contributed by atoms with Gasteiger partial charge in [0.15, 0.2) is 0 Å². The van der Waals surface area contributed by atoms with Gasteiger partial charge in [0.1, 0.15) is 5.75 Å². The summed E-state index contributed by atoms with van der Waals surface area (Å²) < 4.78 is 5.34. The topological polar surface area (TPSA) is 53.6 Å². The van der Waals surface area contributed by atoms with Gasteiger partial charge < -0.3 is 20.3 Å². The zero-order chi connectivity index (χ0) is 15.5. The van der Waals surface area contributed by atoms with Crippen LogP contribution in [0, 0.1) is 0 Å². The van der Waals surface area contributed by atoms with Gasteiger partial charge >= 0.3 is 6.03 Å². The zero-order valence-corrected chi connectivity index (χ0v) is 13.6. The van der Waals surface area contributed by atoms with Crippen LogP contribution < -0.4 is 15.4 Å². The minimum absolute atomic E-state index is 0.0329. The van der Waals surface area contributed by atoms with Gasteiger partial charge in [0.2, 0.25) is 0 Å². The maximum Gasteiger partial charge on any atom is 0.317 e. The minimum Gasteiger partial charge on any atom is -0.495 e. The molecule has 1 heterocycles. The van der Waals surface area contributed by atoms with Crippen molar-refractivity contribution >= 4 is 17.6 Å². The molecule has 1 unspecified atom stereocenters. The second kappa shape index (κ2) is 6.75. The van der Waals surface area contributed by atoms with E-state index in [2.05, 4.69) is 16.7 Å². The van der Waals surface area contributed by atoms with Gasteiger partial charge in [-0.25, -0.2) is 4.79 Å². The van der Waals surface area contributed by atoms with Gasteiger partial charge in [0.25, 0.3) is 0 Å². The van der Waals surface area contributed by atoms with E-state index in [1.165, 1.54) is 5.56 Å². The Balaban J connectivity index is 1.67. The van der Waals surface area contributed by atoms with Crippen LogP contribution in [-0.4, -0.2) is 44.2 Å². The van der Waals surface area contributed by atoms with E-state index >= 15 is 0 Å². The van der Waals surface area contributed by atoms with E-state index in [-0.39, 0.29) is 12.1 Å². The monoisotopic (exact) mass is 323 g/mol. The maximum atomic E-state index is 11.5. The molecule has 5 nitrogen and oxygen atoms in total. The fourth-order valence-corrected chi connectivity index (χ4v) is 3.70. The zero-order valence-electron chi connectivity index (χ0n) is 12.8. The van der Waals surface area contributed by atoms with Crippen LogP contribution in [0.5, 0.6) is 5.75 Å². The number of benzene rings is 1. The molecule has 2 N–H and O–H groups in total. The van der Waals surface area contributed by atoms with E-state index < -0.39 is 0 Å². The van der Waals surface area contributed by atoms with Crippen LogP contribution in [0.25, 0.3) is 0 Å². The second-order valence-electron chi connectivity index (χ2n) is 5.77. The number of methoxy groups -OCH3 is 1. The number of hydrogen-bond donors (Lipinski definition) is 2. The minimum atomic E-state index is 0.0329. The molecule has 2 aliphatic rings. The summed E-state index contributed by atoms with van der Waals surface area (Å²) in [5, 5.41) is 7.09. The van der Waals surface area contributed by atoms with Gasteiger partial charge in [-0.1, -0.05) is 17.7 Å². The Morgan fingerprint density at radius 2 is 2.36 bits per heavy atom. The van der Waals surface area contributed by atoms with Crippen molar-refractivity contribution in [2.75, 3.05) is 33.3 Å². The number of ether oxygens (including phenoxy) is 1. The first-order chi connectivity index (χ1) is 10.7. The summed E-state index contributed by atoms with van der Waals surface area (Å²) >= 11 is 6.51. The Morgan fingerprint density at radius 3 is 3.09 bits per heavy atom. The molecule has 120 valence electrons. The summed E-state index contributed by atoms with van der Waals surface area (Å²) in [6.07, 6.45) is 3.27. The van der Waals surface area contributed by atoms with E-state index in [1.54, 1.807) is 7.11 Å². The number of nitrogens with one attached hydrogen (secondary N) is 2. The van der Waals surface area contributed by atoms with Crippen LogP contribution in [-0.2, 0) is 6.42 Å². The SMILES string of the molecule is COc1ccc2c(c1Cl)C(NCCN1CCNC1=O)CCC2. The van der Waals surface area contributed by atoms with Crippen LogP contribution in [0.1, 0.15) is 30.0 Å². The molecular formula is C16H22ClN3O2. The van der Waals surface area contributed by atoms with Crippen LogP contribution in [0.15, 0.2) is 12.1 Å². The summed E-state index contributed by atoms with van der Waals surface area (Å²) in [4.78, 5) is 13.4. The number of rotatable bonds is 5. The summed E-state index contributed by atoms with van der Waals surface area (Å²) in [7, 11) is 1.64. The molecule has 1 fully saturated rings. The van der Waals surface area contributed by atoms with E-state index in [0.717, 1.165) is 61.8 Å². The lowest BCUT2D eigenvalue weighted by Crippen LogP contribution is -2.36. The molecule has 1 aromatic carbocycles. The fraction of sp³-hybridized carbons (Fsp3) is 0.562. The Hall–Kier alpha value is -1.46. The summed E-state index contributed by atoms with van der Waals surface area (Å²) in [6, 6.07) is 4.32. The number of amides is 2. The highest BCUT2D eigenvalue weighted by molar-refractivity contribution is 6.33. The first-order valence-electron chi connectivity index (χ1n) is 7.82. The molecule has 2 amide bonds. The van der Waals surface area contributed by atoms with E-state index in [0.29, 0.717) is 0 Å². The molecule has 0 bridgehead atoms. The predicted octanol–water partition coefficient (Wildman–Crippen LogP) is 2.34. The molecule has 1 saturated heterocycles. The Morgan fingerprint density at radius 1 is 1.50 bits per heavy atom. The van der Waals surface area contributed by atoms with Crippen molar-refractivity contribution in [3.05, 3.63) is 28.3 Å². The molecule has 0 spiro atoms. The quantitative estimate of drug-likeness (QED) is 0.874. The molecule has 1 aliphatic heterocycles. The van der Waals surface area contributed by atoms with Gasteiger partial charge in [0.05, 0.1) is 12.1 Å². The standard InChI is InChI=1S/C16H22ClN3O2/c1-22-13-6-5-11-3-2-4-12(14(11)15(13)17)18-7-9-20-10-8-19-16(20)21/h5-6,12,18H,2-4,7-10H2,1H3,(H,19,21). The number of carbonyl (C=O) groups is 1. The molecule has 1 atom stereocenters. The van der Waals surface area contributed by atoms with E-state index in [4.69, 9.17) is 16.3 Å². The molecule has 0 aromatic heterocycles. The number of halogens is 1. The average Bonchev–Trinajstić information content (AvgIpc) is 2.93. The average molecular weight is 324 g/mol. The molecule has 1 aliphatic carbocycles. The normalized spacial score (nSPS) is 20.7. The fourth-order valence-electron chi connectivity index (χ4n) is 3.31. The van der Waals surface area contributed by atoms with Crippen molar-refractivity contribution in [1.82, 2.24) is 15.5 Å². The van der Waals surface area contributed by atoms with E-state index in [1.807, 2.05) is 11.0 Å². The van der Waals surface area contributed by atoms with Gasteiger partial charge in [0, 0.05) is 32.2 Å². The Kier molecular flexibility index (Phi) is 4.74. The van der Waals surface area contributed by atoms with Gasteiger partial charge in [-0.15, -0.1) is 0 Å². The number of aryl methyl sites for hydroxylation is 1. The van der Waals surface area contributed by atoms with Crippen molar-refractivity contribution in [2.45, 2.75) is 25.3 Å². The Labute approximate surface area is 136 Å². The summed E-state index contributed by atoms with van der Waals surface area (Å²) in [6.45, 7) is 3.02. The van der Waals surface area contributed by atoms with Crippen LogP contribution >= 0.6 is 11.6 Å². The highest BCUT2D eigenvalue weighted by atomic mass is 35.5. The number of hydrogen-bond acceptors (Lipinski definition) is 3. The number of fused-ring (bicyclic) bond motifs is 1. The number of nitrogens with zero attached hydrogens (tertiary/aromatic N) is 1. The molecule has 6 heteroatoms. The van der Waals surface area contributed by atoms with Gasteiger partial charge in [-0.2, -0.15) is 0 Å². The van der Waals surface area contributed by atoms with Gasteiger partial charge in [-0.05, 0) is 36.5 Å². The molecular weight excluding hydrogens is 302 g/mol. The van der Waals surface area contributed by atoms with Crippen molar-refractivity contribution < 1.29 is 9.53 Å². The van der Waals surface area contributed by atoms with Crippen molar-refractivity contribution in [1.29, 1.82) is 0 Å². The molecule has 3 rings (SSSR count). The molecule has 1 aromatic rings.